The predicted octanol–water partition coefficient (Wildman–Crippen LogP) is 3.77. The Morgan fingerprint density at radius 3 is 2.67 bits per heavy atom. The van der Waals surface area contributed by atoms with Crippen molar-refractivity contribution in [3.8, 4) is 5.75 Å². The summed E-state index contributed by atoms with van der Waals surface area (Å²) in [6.45, 7) is 5.15. The number of ether oxygens (including phenoxy) is 1. The minimum Gasteiger partial charge on any atom is -0.491 e. The molecule has 0 bridgehead atoms. The number of aliphatic hydroxyl groups is 1. The van der Waals surface area contributed by atoms with Gasteiger partial charge in [0, 0.05) is 17.2 Å². The van der Waals surface area contributed by atoms with E-state index in [0.717, 1.165) is 18.5 Å². The Bertz CT molecular complexity index is 1210. The van der Waals surface area contributed by atoms with Crippen molar-refractivity contribution in [3.63, 3.8) is 0 Å². The lowest BCUT2D eigenvalue weighted by Crippen LogP contribution is -2.31. The van der Waals surface area contributed by atoms with Crippen LogP contribution in [0.1, 0.15) is 49.6 Å². The molecule has 4 rings (SSSR count). The van der Waals surface area contributed by atoms with Gasteiger partial charge in [0.2, 0.25) is 0 Å². The van der Waals surface area contributed by atoms with Crippen LogP contribution in [0.15, 0.2) is 30.3 Å². The zero-order valence-electron chi connectivity index (χ0n) is 17.2. The summed E-state index contributed by atoms with van der Waals surface area (Å²) >= 11 is 6.41. The molecule has 1 aromatic carbocycles. The Kier molecular flexibility index (Phi) is 5.11. The van der Waals surface area contributed by atoms with Crippen LogP contribution in [0.2, 0.25) is 5.02 Å². The molecular formula is C22H24ClN5O2. The lowest BCUT2D eigenvalue weighted by molar-refractivity contribution is 0.0285. The van der Waals surface area contributed by atoms with E-state index in [1.807, 2.05) is 12.1 Å². The number of fused-ring (bicyclic) bond motifs is 1. The SMILES string of the molecule is Cc1nc2ccc(C3CC3)nc2n(C(=N)c2cc(OCC(C)(C)O)ccc2Cl)c1=N. The van der Waals surface area contributed by atoms with Crippen LogP contribution >= 0.6 is 11.6 Å². The molecule has 3 aromatic rings. The summed E-state index contributed by atoms with van der Waals surface area (Å²) in [7, 11) is 0. The molecule has 0 spiro atoms. The van der Waals surface area contributed by atoms with E-state index >= 15 is 0 Å². The lowest BCUT2D eigenvalue weighted by Gasteiger charge is -2.19. The molecule has 2 aromatic heterocycles. The van der Waals surface area contributed by atoms with Crippen molar-refractivity contribution in [1.82, 2.24) is 14.5 Å². The van der Waals surface area contributed by atoms with Gasteiger partial charge in [-0.05, 0) is 63.9 Å². The van der Waals surface area contributed by atoms with Crippen LogP contribution in [-0.2, 0) is 0 Å². The van der Waals surface area contributed by atoms with Crippen LogP contribution in [0.25, 0.3) is 11.2 Å². The van der Waals surface area contributed by atoms with Crippen LogP contribution in [0.3, 0.4) is 0 Å². The van der Waals surface area contributed by atoms with E-state index in [4.69, 9.17) is 32.1 Å². The number of rotatable bonds is 5. The molecule has 0 amide bonds. The monoisotopic (exact) mass is 425 g/mol. The maximum atomic E-state index is 9.91. The number of benzene rings is 1. The molecule has 0 saturated heterocycles. The van der Waals surface area contributed by atoms with Gasteiger partial charge in [0.15, 0.2) is 11.1 Å². The topological polar surface area (TPSA) is 108 Å². The Morgan fingerprint density at radius 1 is 1.27 bits per heavy atom. The van der Waals surface area contributed by atoms with E-state index in [0.29, 0.717) is 39.1 Å². The first kappa shape index (κ1) is 20.5. The maximum absolute atomic E-state index is 9.91. The summed E-state index contributed by atoms with van der Waals surface area (Å²) < 4.78 is 7.14. The zero-order chi connectivity index (χ0) is 21.6. The number of nitrogens with zero attached hydrogens (tertiary/aromatic N) is 3. The normalized spacial score (nSPS) is 14.2. The molecule has 0 radical (unpaired) electrons. The molecule has 0 atom stereocenters. The summed E-state index contributed by atoms with van der Waals surface area (Å²) in [6.07, 6.45) is 2.21. The number of nitrogens with one attached hydrogen (secondary N) is 2. The zero-order valence-corrected chi connectivity index (χ0v) is 17.9. The van der Waals surface area contributed by atoms with E-state index in [9.17, 15) is 5.11 Å². The van der Waals surface area contributed by atoms with Crippen molar-refractivity contribution in [2.24, 2.45) is 0 Å². The minimum absolute atomic E-state index is 0.0228. The van der Waals surface area contributed by atoms with Crippen molar-refractivity contribution in [2.45, 2.75) is 45.1 Å². The molecule has 1 aliphatic carbocycles. The summed E-state index contributed by atoms with van der Waals surface area (Å²) in [5.41, 5.74) is 2.07. The number of aryl methyl sites for hydroxylation is 1. The van der Waals surface area contributed by atoms with Crippen LogP contribution in [0.4, 0.5) is 0 Å². The van der Waals surface area contributed by atoms with Gasteiger partial charge in [0.05, 0.1) is 16.3 Å². The second-order valence-corrected chi connectivity index (χ2v) is 8.73. The van der Waals surface area contributed by atoms with Crippen LogP contribution in [0, 0.1) is 17.7 Å². The molecule has 7 nitrogen and oxygen atoms in total. The second kappa shape index (κ2) is 7.49. The first-order valence-electron chi connectivity index (χ1n) is 9.83. The summed E-state index contributed by atoms with van der Waals surface area (Å²) in [5, 5.41) is 27.7. The Balaban J connectivity index is 1.82. The number of halogens is 1. The summed E-state index contributed by atoms with van der Waals surface area (Å²) in [4.78, 5) is 9.21. The van der Waals surface area contributed by atoms with Gasteiger partial charge in [-0.1, -0.05) is 11.6 Å². The highest BCUT2D eigenvalue weighted by atomic mass is 35.5. The highest BCUT2D eigenvalue weighted by Crippen LogP contribution is 2.39. The lowest BCUT2D eigenvalue weighted by atomic mass is 10.1. The van der Waals surface area contributed by atoms with Crippen LogP contribution in [-0.4, -0.2) is 37.7 Å². The van der Waals surface area contributed by atoms with Crippen molar-refractivity contribution in [2.75, 3.05) is 6.61 Å². The van der Waals surface area contributed by atoms with Crippen LogP contribution < -0.4 is 10.2 Å². The predicted molar refractivity (Wildman–Crippen MR) is 116 cm³/mol. The highest BCUT2D eigenvalue weighted by Gasteiger charge is 2.26. The van der Waals surface area contributed by atoms with Gasteiger partial charge < -0.3 is 9.84 Å². The van der Waals surface area contributed by atoms with Crippen molar-refractivity contribution in [1.29, 1.82) is 10.8 Å². The van der Waals surface area contributed by atoms with Gasteiger partial charge >= 0.3 is 0 Å². The molecule has 156 valence electrons. The maximum Gasteiger partial charge on any atom is 0.166 e. The van der Waals surface area contributed by atoms with Crippen molar-refractivity contribution >= 4 is 28.6 Å². The van der Waals surface area contributed by atoms with E-state index in [1.165, 1.54) is 4.57 Å². The average molecular weight is 426 g/mol. The summed E-state index contributed by atoms with van der Waals surface area (Å²) in [5.74, 6) is 0.944. The van der Waals surface area contributed by atoms with Gasteiger partial charge in [-0.25, -0.2) is 9.97 Å². The Labute approximate surface area is 179 Å². The van der Waals surface area contributed by atoms with E-state index in [1.54, 1.807) is 39.0 Å². The minimum atomic E-state index is -0.988. The van der Waals surface area contributed by atoms with E-state index in [2.05, 4.69) is 4.98 Å². The standard InChI is InChI=1S/C22H24ClN5O2/c1-12-19(24)28(21-18(26-12)9-8-17(27-21)13-4-5-13)20(25)15-10-14(6-7-16(15)23)30-11-22(2,3)29/h6-10,13,24-25,29H,4-5,11H2,1-3H3. The van der Waals surface area contributed by atoms with Gasteiger partial charge in [-0.2, -0.15) is 0 Å². The third-order valence-corrected chi connectivity index (χ3v) is 5.28. The molecule has 3 N–H and O–H groups in total. The molecule has 2 heterocycles. The van der Waals surface area contributed by atoms with Gasteiger partial charge in [-0.3, -0.25) is 15.4 Å². The molecule has 1 aliphatic rings. The molecule has 8 heteroatoms. The number of aromatic nitrogens is 3. The number of hydrogen-bond donors (Lipinski definition) is 3. The third kappa shape index (κ3) is 4.08. The molecule has 1 saturated carbocycles. The van der Waals surface area contributed by atoms with E-state index in [-0.39, 0.29) is 17.9 Å². The Hall–Kier alpha value is -2.77. The van der Waals surface area contributed by atoms with Gasteiger partial charge in [0.25, 0.3) is 0 Å². The number of pyridine rings is 1. The highest BCUT2D eigenvalue weighted by molar-refractivity contribution is 6.34. The molecule has 30 heavy (non-hydrogen) atoms. The quantitative estimate of drug-likeness (QED) is 0.427. The average Bonchev–Trinajstić information content (AvgIpc) is 3.52. The fourth-order valence-corrected chi connectivity index (χ4v) is 3.40. The van der Waals surface area contributed by atoms with Crippen molar-refractivity contribution in [3.05, 3.63) is 57.8 Å². The first-order chi connectivity index (χ1) is 14.1. The third-order valence-electron chi connectivity index (χ3n) is 4.95. The van der Waals surface area contributed by atoms with Gasteiger partial charge in [0.1, 0.15) is 23.7 Å². The molecule has 0 aliphatic heterocycles. The molecular weight excluding hydrogens is 402 g/mol. The molecule has 1 fully saturated rings. The van der Waals surface area contributed by atoms with Gasteiger partial charge in [-0.15, -0.1) is 0 Å². The fourth-order valence-electron chi connectivity index (χ4n) is 3.19. The van der Waals surface area contributed by atoms with E-state index < -0.39 is 5.60 Å². The second-order valence-electron chi connectivity index (χ2n) is 8.33. The smallest absolute Gasteiger partial charge is 0.166 e. The number of hydrogen-bond acceptors (Lipinski definition) is 6. The first-order valence-corrected chi connectivity index (χ1v) is 10.2. The van der Waals surface area contributed by atoms with Crippen molar-refractivity contribution < 1.29 is 9.84 Å². The van der Waals surface area contributed by atoms with Crippen LogP contribution in [0.5, 0.6) is 5.75 Å². The summed E-state index contributed by atoms with van der Waals surface area (Å²) in [6, 6.07) is 8.86. The largest absolute Gasteiger partial charge is 0.491 e. The fraction of sp³-hybridized carbons (Fsp3) is 0.364. The molecule has 0 unspecified atom stereocenters. The Morgan fingerprint density at radius 2 is 2.00 bits per heavy atom.